The number of amides is 1. The number of rotatable bonds is 4. The van der Waals surface area contributed by atoms with E-state index < -0.39 is 0 Å². The highest BCUT2D eigenvalue weighted by atomic mass is 16.5. The molecule has 1 aromatic carbocycles. The molecule has 2 saturated heterocycles. The Bertz CT molecular complexity index is 1170. The largest absolute Gasteiger partial charge is 0.370 e. The van der Waals surface area contributed by atoms with E-state index in [9.17, 15) is 10.1 Å². The topological polar surface area (TPSA) is 126 Å². The predicted molar refractivity (Wildman–Crippen MR) is 115 cm³/mol. The molecule has 2 fully saturated rings. The first-order chi connectivity index (χ1) is 16.1. The second kappa shape index (κ2) is 9.01. The van der Waals surface area contributed by atoms with Gasteiger partial charge in [-0.1, -0.05) is 12.1 Å². The summed E-state index contributed by atoms with van der Waals surface area (Å²) in [6.45, 7) is 5.37. The van der Waals surface area contributed by atoms with Crippen molar-refractivity contribution in [3.8, 4) is 12.0 Å². The van der Waals surface area contributed by atoms with Gasteiger partial charge in [0.05, 0.1) is 36.8 Å². The molecule has 0 saturated carbocycles. The zero-order chi connectivity index (χ0) is 22.8. The van der Waals surface area contributed by atoms with Crippen molar-refractivity contribution < 1.29 is 9.53 Å². The molecule has 4 heterocycles. The van der Waals surface area contributed by atoms with E-state index in [0.29, 0.717) is 31.2 Å². The van der Waals surface area contributed by atoms with Gasteiger partial charge in [-0.05, 0) is 40.1 Å². The van der Waals surface area contributed by atoms with Crippen molar-refractivity contribution in [1.29, 1.82) is 5.26 Å². The summed E-state index contributed by atoms with van der Waals surface area (Å²) in [6.07, 6.45) is 4.85. The Morgan fingerprint density at radius 2 is 2.09 bits per heavy atom. The molecule has 2 atom stereocenters. The number of carbonyl (C=O) groups excluding carboxylic acids is 1. The van der Waals surface area contributed by atoms with Gasteiger partial charge in [0.25, 0.3) is 5.95 Å². The van der Waals surface area contributed by atoms with Gasteiger partial charge in [0.2, 0.25) is 5.91 Å². The number of piperazine rings is 1. The lowest BCUT2D eigenvalue weighted by Gasteiger charge is -2.46. The first-order valence-electron chi connectivity index (χ1n) is 10.8. The number of tetrazole rings is 1. The van der Waals surface area contributed by atoms with Gasteiger partial charge in [-0.3, -0.25) is 9.69 Å². The van der Waals surface area contributed by atoms with Crippen LogP contribution in [0.5, 0.6) is 0 Å². The molecular weight excluding hydrogens is 422 g/mol. The normalized spacial score (nSPS) is 20.8. The van der Waals surface area contributed by atoms with E-state index in [0.717, 1.165) is 29.8 Å². The number of carbonyl (C=O) groups is 1. The van der Waals surface area contributed by atoms with Crippen molar-refractivity contribution in [3.05, 3.63) is 59.2 Å². The lowest BCUT2D eigenvalue weighted by molar-refractivity contribution is -0.139. The van der Waals surface area contributed by atoms with Gasteiger partial charge in [0.15, 0.2) is 0 Å². The molecule has 2 aliphatic heterocycles. The summed E-state index contributed by atoms with van der Waals surface area (Å²) >= 11 is 0. The average molecular weight is 445 g/mol. The van der Waals surface area contributed by atoms with Crippen LogP contribution in [0.4, 0.5) is 0 Å². The number of ether oxygens (including phenoxy) is 1. The zero-order valence-corrected chi connectivity index (χ0v) is 18.2. The number of morpholine rings is 1. The third-order valence-corrected chi connectivity index (χ3v) is 6.29. The number of nitriles is 1. The molecule has 0 unspecified atom stereocenters. The number of nitrogens with zero attached hydrogens (tertiary/aromatic N) is 9. The third-order valence-electron chi connectivity index (χ3n) is 6.29. The summed E-state index contributed by atoms with van der Waals surface area (Å²) in [5, 5.41) is 20.2. The lowest BCUT2D eigenvalue weighted by atomic mass is 9.96. The van der Waals surface area contributed by atoms with Gasteiger partial charge in [0, 0.05) is 38.6 Å². The quantitative estimate of drug-likeness (QED) is 0.563. The molecule has 2 aromatic heterocycles. The zero-order valence-electron chi connectivity index (χ0n) is 18.2. The summed E-state index contributed by atoms with van der Waals surface area (Å²) in [6, 6.07) is 8.19. The molecule has 168 valence electrons. The van der Waals surface area contributed by atoms with E-state index in [-0.39, 0.29) is 24.5 Å². The van der Waals surface area contributed by atoms with E-state index in [1.165, 1.54) is 11.0 Å². The molecule has 5 rings (SSSR count). The first kappa shape index (κ1) is 21.1. The molecule has 11 heteroatoms. The fourth-order valence-electron chi connectivity index (χ4n) is 4.42. The van der Waals surface area contributed by atoms with Gasteiger partial charge in [0.1, 0.15) is 6.33 Å². The van der Waals surface area contributed by atoms with Crippen LogP contribution in [0.3, 0.4) is 0 Å². The number of benzene rings is 1. The molecule has 0 aliphatic carbocycles. The maximum absolute atomic E-state index is 12.9. The van der Waals surface area contributed by atoms with Crippen molar-refractivity contribution in [2.45, 2.75) is 25.5 Å². The standard InChI is InChI=1S/C22H23N9O2/c1-15-17(8-23)3-2-4-19(15)20-12-29-5-6-30(11-18(29)13-33-20)21(32)7-16-9-24-22(25-10-16)31-14-26-27-28-31/h2-4,9-10,14,18,20H,5-7,11-13H2,1H3/t18-,20+/m0/s1. The van der Waals surface area contributed by atoms with Crippen LogP contribution in [0.2, 0.25) is 0 Å². The Kier molecular flexibility index (Phi) is 5.77. The van der Waals surface area contributed by atoms with E-state index in [1.807, 2.05) is 30.0 Å². The van der Waals surface area contributed by atoms with Gasteiger partial charge >= 0.3 is 0 Å². The van der Waals surface area contributed by atoms with Crippen LogP contribution in [0.1, 0.15) is 28.4 Å². The van der Waals surface area contributed by atoms with Crippen LogP contribution >= 0.6 is 0 Å². The Hall–Kier alpha value is -3.75. The summed E-state index contributed by atoms with van der Waals surface area (Å²) in [5.74, 6) is 0.405. The SMILES string of the molecule is Cc1c(C#N)cccc1[C@H]1CN2CCN(C(=O)Cc3cnc(-n4cnnn4)nc3)C[C@H]2CO1. The number of hydrogen-bond acceptors (Lipinski definition) is 9. The minimum Gasteiger partial charge on any atom is -0.370 e. The Morgan fingerprint density at radius 1 is 1.24 bits per heavy atom. The van der Waals surface area contributed by atoms with Crippen LogP contribution in [0.25, 0.3) is 5.95 Å². The van der Waals surface area contributed by atoms with E-state index in [4.69, 9.17) is 4.74 Å². The molecule has 33 heavy (non-hydrogen) atoms. The molecule has 0 spiro atoms. The molecule has 0 bridgehead atoms. The monoisotopic (exact) mass is 445 g/mol. The molecule has 0 radical (unpaired) electrons. The lowest BCUT2D eigenvalue weighted by Crippen LogP contribution is -2.59. The number of fused-ring (bicyclic) bond motifs is 1. The molecular formula is C22H23N9O2. The van der Waals surface area contributed by atoms with Crippen LogP contribution < -0.4 is 0 Å². The minimum atomic E-state index is -0.0624. The van der Waals surface area contributed by atoms with Crippen molar-refractivity contribution in [2.24, 2.45) is 0 Å². The molecule has 2 aliphatic rings. The van der Waals surface area contributed by atoms with Gasteiger partial charge in [-0.15, -0.1) is 5.10 Å². The summed E-state index contributed by atoms with van der Waals surface area (Å²) in [7, 11) is 0. The Balaban J connectivity index is 1.18. The second-order valence-corrected chi connectivity index (χ2v) is 8.26. The third kappa shape index (κ3) is 4.30. The number of aromatic nitrogens is 6. The first-order valence-corrected chi connectivity index (χ1v) is 10.8. The van der Waals surface area contributed by atoms with E-state index >= 15 is 0 Å². The van der Waals surface area contributed by atoms with Crippen LogP contribution in [-0.4, -0.2) is 84.7 Å². The maximum Gasteiger partial charge on any atom is 0.253 e. The van der Waals surface area contributed by atoms with Gasteiger partial charge < -0.3 is 9.64 Å². The summed E-state index contributed by atoms with van der Waals surface area (Å²) in [5.41, 5.74) is 3.47. The highest BCUT2D eigenvalue weighted by Crippen LogP contribution is 2.30. The molecule has 11 nitrogen and oxygen atoms in total. The minimum absolute atomic E-state index is 0.0492. The van der Waals surface area contributed by atoms with E-state index in [2.05, 4.69) is 36.5 Å². The Morgan fingerprint density at radius 3 is 2.85 bits per heavy atom. The van der Waals surface area contributed by atoms with Gasteiger partial charge in [-0.2, -0.15) is 9.94 Å². The van der Waals surface area contributed by atoms with Crippen molar-refractivity contribution in [1.82, 2.24) is 40.0 Å². The highest BCUT2D eigenvalue weighted by Gasteiger charge is 2.36. The van der Waals surface area contributed by atoms with Gasteiger partial charge in [-0.25, -0.2) is 9.97 Å². The van der Waals surface area contributed by atoms with Crippen LogP contribution in [-0.2, 0) is 16.0 Å². The average Bonchev–Trinajstić information content (AvgIpc) is 3.39. The van der Waals surface area contributed by atoms with E-state index in [1.54, 1.807) is 12.4 Å². The van der Waals surface area contributed by atoms with Crippen molar-refractivity contribution in [2.75, 3.05) is 32.8 Å². The van der Waals surface area contributed by atoms with Crippen molar-refractivity contribution in [3.63, 3.8) is 0 Å². The molecule has 3 aromatic rings. The van der Waals surface area contributed by atoms with Crippen LogP contribution in [0.15, 0.2) is 36.9 Å². The fourth-order valence-corrected chi connectivity index (χ4v) is 4.42. The second-order valence-electron chi connectivity index (χ2n) is 8.26. The highest BCUT2D eigenvalue weighted by molar-refractivity contribution is 5.78. The predicted octanol–water partition coefficient (Wildman–Crippen LogP) is 0.459. The fraction of sp³-hybridized carbons (Fsp3) is 0.409. The summed E-state index contributed by atoms with van der Waals surface area (Å²) < 4.78 is 7.54. The molecule has 1 amide bonds. The summed E-state index contributed by atoms with van der Waals surface area (Å²) in [4.78, 5) is 25.6. The van der Waals surface area contributed by atoms with Crippen LogP contribution in [0, 0.1) is 18.3 Å². The van der Waals surface area contributed by atoms with Crippen molar-refractivity contribution >= 4 is 5.91 Å². The number of hydrogen-bond donors (Lipinski definition) is 0. The smallest absolute Gasteiger partial charge is 0.253 e. The Labute approximate surface area is 190 Å². The maximum atomic E-state index is 12.9. The molecule has 0 N–H and O–H groups in total.